The highest BCUT2D eigenvalue weighted by molar-refractivity contribution is 6.30. The van der Waals surface area contributed by atoms with Crippen LogP contribution in [0.15, 0.2) is 18.2 Å². The number of ether oxygens (including phenoxy) is 1. The van der Waals surface area contributed by atoms with E-state index in [1.807, 2.05) is 0 Å². The molecule has 0 spiro atoms. The molecule has 5 nitrogen and oxygen atoms in total. The minimum absolute atomic E-state index is 0.0964. The highest BCUT2D eigenvalue weighted by atomic mass is 35.5. The Bertz CT molecular complexity index is 413. The Hall–Kier alpha value is -1.17. The molecule has 0 saturated carbocycles. The monoisotopic (exact) mass is 286 g/mol. The van der Waals surface area contributed by atoms with E-state index in [1.54, 1.807) is 6.07 Å². The predicted octanol–water partition coefficient (Wildman–Crippen LogP) is 3.15. The van der Waals surface area contributed by atoms with Crippen molar-refractivity contribution in [3.05, 3.63) is 38.9 Å². The topological polar surface area (TPSA) is 64.4 Å². The van der Waals surface area contributed by atoms with Crippen molar-refractivity contribution >= 4 is 17.3 Å². The first-order valence-corrected chi connectivity index (χ1v) is 6.74. The van der Waals surface area contributed by atoms with Crippen molar-refractivity contribution in [3.8, 4) is 0 Å². The standard InChI is InChI=1S/C13H19ClN2O3/c1-2-7-19-8-3-6-15-10-11-9-12(14)4-5-13(11)16(17)18/h4-5,9,15H,2-3,6-8,10H2,1H3. The summed E-state index contributed by atoms with van der Waals surface area (Å²) in [7, 11) is 0. The molecule has 0 amide bonds. The maximum Gasteiger partial charge on any atom is 0.273 e. The van der Waals surface area contributed by atoms with Gasteiger partial charge >= 0.3 is 0 Å². The van der Waals surface area contributed by atoms with E-state index < -0.39 is 4.92 Å². The van der Waals surface area contributed by atoms with Crippen molar-refractivity contribution in [1.29, 1.82) is 0 Å². The van der Waals surface area contributed by atoms with Crippen LogP contribution in [0, 0.1) is 10.1 Å². The lowest BCUT2D eigenvalue weighted by atomic mass is 10.2. The molecule has 0 saturated heterocycles. The first-order valence-electron chi connectivity index (χ1n) is 6.36. The number of benzene rings is 1. The lowest BCUT2D eigenvalue weighted by molar-refractivity contribution is -0.385. The quantitative estimate of drug-likeness (QED) is 0.430. The first-order chi connectivity index (χ1) is 9.15. The van der Waals surface area contributed by atoms with Crippen molar-refractivity contribution < 1.29 is 9.66 Å². The Labute approximate surface area is 118 Å². The highest BCUT2D eigenvalue weighted by Gasteiger charge is 2.12. The normalized spacial score (nSPS) is 10.6. The van der Waals surface area contributed by atoms with Gasteiger partial charge in [0.25, 0.3) is 5.69 Å². The van der Waals surface area contributed by atoms with Crippen LogP contribution in [0.3, 0.4) is 0 Å². The molecule has 1 N–H and O–H groups in total. The molecular formula is C13H19ClN2O3. The summed E-state index contributed by atoms with van der Waals surface area (Å²) in [6.45, 7) is 4.74. The van der Waals surface area contributed by atoms with E-state index in [-0.39, 0.29) is 5.69 Å². The zero-order valence-electron chi connectivity index (χ0n) is 11.0. The van der Waals surface area contributed by atoms with E-state index in [4.69, 9.17) is 16.3 Å². The summed E-state index contributed by atoms with van der Waals surface area (Å²) in [5.41, 5.74) is 0.700. The summed E-state index contributed by atoms with van der Waals surface area (Å²) in [6.07, 6.45) is 1.90. The average molecular weight is 287 g/mol. The molecule has 0 unspecified atom stereocenters. The molecule has 1 aromatic carbocycles. The SMILES string of the molecule is CCCOCCCNCc1cc(Cl)ccc1[N+](=O)[O-]. The summed E-state index contributed by atoms with van der Waals surface area (Å²) in [5.74, 6) is 0. The summed E-state index contributed by atoms with van der Waals surface area (Å²) < 4.78 is 5.35. The Balaban J connectivity index is 2.36. The summed E-state index contributed by atoms with van der Waals surface area (Å²) in [6, 6.07) is 4.59. The molecule has 19 heavy (non-hydrogen) atoms. The van der Waals surface area contributed by atoms with Crippen LogP contribution in [0.1, 0.15) is 25.3 Å². The first kappa shape index (κ1) is 15.9. The maximum absolute atomic E-state index is 10.9. The molecule has 6 heteroatoms. The van der Waals surface area contributed by atoms with Gasteiger partial charge < -0.3 is 10.1 Å². The summed E-state index contributed by atoms with van der Waals surface area (Å²) in [5, 5.41) is 14.5. The van der Waals surface area contributed by atoms with E-state index in [0.29, 0.717) is 23.7 Å². The molecule has 0 aliphatic carbocycles. The van der Waals surface area contributed by atoms with Crippen molar-refractivity contribution in [2.24, 2.45) is 0 Å². The molecule has 0 fully saturated rings. The van der Waals surface area contributed by atoms with Crippen molar-refractivity contribution in [2.75, 3.05) is 19.8 Å². The van der Waals surface area contributed by atoms with E-state index in [0.717, 1.165) is 26.0 Å². The number of nitro benzene ring substituents is 1. The molecular weight excluding hydrogens is 268 g/mol. The van der Waals surface area contributed by atoms with Crippen LogP contribution in [0.4, 0.5) is 5.69 Å². The molecule has 106 valence electrons. The van der Waals surface area contributed by atoms with Gasteiger partial charge in [-0.3, -0.25) is 10.1 Å². The van der Waals surface area contributed by atoms with Crippen molar-refractivity contribution in [2.45, 2.75) is 26.3 Å². The molecule has 0 heterocycles. The van der Waals surface area contributed by atoms with Gasteiger partial charge in [0.2, 0.25) is 0 Å². The van der Waals surface area contributed by atoms with Gasteiger partial charge in [-0.25, -0.2) is 0 Å². The number of rotatable bonds is 9. The third-order valence-corrected chi connectivity index (χ3v) is 2.78. The molecule has 0 aliphatic rings. The van der Waals surface area contributed by atoms with E-state index >= 15 is 0 Å². The summed E-state index contributed by atoms with van der Waals surface area (Å²) in [4.78, 5) is 10.5. The van der Waals surface area contributed by atoms with Crippen LogP contribution >= 0.6 is 11.6 Å². The maximum atomic E-state index is 10.9. The van der Waals surface area contributed by atoms with E-state index in [1.165, 1.54) is 12.1 Å². The van der Waals surface area contributed by atoms with Crippen molar-refractivity contribution in [1.82, 2.24) is 5.32 Å². The molecule has 0 bridgehead atoms. The van der Waals surface area contributed by atoms with Crippen molar-refractivity contribution in [3.63, 3.8) is 0 Å². The second-order valence-electron chi connectivity index (χ2n) is 4.17. The third-order valence-electron chi connectivity index (χ3n) is 2.54. The Morgan fingerprint density at radius 3 is 2.89 bits per heavy atom. The zero-order valence-corrected chi connectivity index (χ0v) is 11.8. The van der Waals surface area contributed by atoms with Gasteiger partial charge in [0.05, 0.1) is 4.92 Å². The fraction of sp³-hybridized carbons (Fsp3) is 0.538. The molecule has 0 atom stereocenters. The number of nitro groups is 1. The number of hydrogen-bond donors (Lipinski definition) is 1. The minimum atomic E-state index is -0.391. The predicted molar refractivity (Wildman–Crippen MR) is 75.5 cm³/mol. The minimum Gasteiger partial charge on any atom is -0.381 e. The molecule has 0 aromatic heterocycles. The molecule has 0 radical (unpaired) electrons. The van der Waals surface area contributed by atoms with Gasteiger partial charge in [-0.15, -0.1) is 0 Å². The summed E-state index contributed by atoms with van der Waals surface area (Å²) >= 11 is 5.85. The number of nitrogens with one attached hydrogen (secondary N) is 1. The van der Waals surface area contributed by atoms with Crippen LogP contribution in [-0.2, 0) is 11.3 Å². The molecule has 1 rings (SSSR count). The van der Waals surface area contributed by atoms with Gasteiger partial charge in [-0.2, -0.15) is 0 Å². The Morgan fingerprint density at radius 1 is 1.42 bits per heavy atom. The van der Waals surface area contributed by atoms with Gasteiger partial charge in [0.15, 0.2) is 0 Å². The molecule has 0 aliphatic heterocycles. The average Bonchev–Trinajstić information content (AvgIpc) is 2.37. The Morgan fingerprint density at radius 2 is 2.21 bits per heavy atom. The second kappa shape index (κ2) is 8.85. The van der Waals surface area contributed by atoms with Crippen LogP contribution in [-0.4, -0.2) is 24.7 Å². The van der Waals surface area contributed by atoms with Crippen LogP contribution in [0.5, 0.6) is 0 Å². The van der Waals surface area contributed by atoms with E-state index in [2.05, 4.69) is 12.2 Å². The van der Waals surface area contributed by atoms with Gasteiger partial charge in [0, 0.05) is 36.4 Å². The van der Waals surface area contributed by atoms with Crippen LogP contribution < -0.4 is 5.32 Å². The smallest absolute Gasteiger partial charge is 0.273 e. The fourth-order valence-corrected chi connectivity index (χ4v) is 1.84. The molecule has 1 aromatic rings. The van der Waals surface area contributed by atoms with Gasteiger partial charge in [-0.1, -0.05) is 18.5 Å². The largest absolute Gasteiger partial charge is 0.381 e. The zero-order chi connectivity index (χ0) is 14.1. The van der Waals surface area contributed by atoms with Gasteiger partial charge in [-0.05, 0) is 31.5 Å². The number of halogens is 1. The lowest BCUT2D eigenvalue weighted by Gasteiger charge is -2.06. The number of nitrogens with zero attached hydrogens (tertiary/aromatic N) is 1. The highest BCUT2D eigenvalue weighted by Crippen LogP contribution is 2.22. The Kier molecular flexibility index (Phi) is 7.40. The van der Waals surface area contributed by atoms with E-state index in [9.17, 15) is 10.1 Å². The fourth-order valence-electron chi connectivity index (χ4n) is 1.64. The van der Waals surface area contributed by atoms with Crippen LogP contribution in [0.2, 0.25) is 5.02 Å². The lowest BCUT2D eigenvalue weighted by Crippen LogP contribution is -2.17. The second-order valence-corrected chi connectivity index (χ2v) is 4.61. The van der Waals surface area contributed by atoms with Crippen LogP contribution in [0.25, 0.3) is 0 Å². The van der Waals surface area contributed by atoms with Gasteiger partial charge in [0.1, 0.15) is 0 Å². The third kappa shape index (κ3) is 6.00. The number of hydrogen-bond acceptors (Lipinski definition) is 4.